The number of aliphatic imine (C=N–C) groups is 1. The Morgan fingerprint density at radius 3 is 2.71 bits per heavy atom. The average molecular weight is 335 g/mol. The predicted octanol–water partition coefficient (Wildman–Crippen LogP) is 2.80. The van der Waals surface area contributed by atoms with Crippen LogP contribution < -0.4 is 5.73 Å². The van der Waals surface area contributed by atoms with Crippen molar-refractivity contribution in [1.82, 2.24) is 14.8 Å². The van der Waals surface area contributed by atoms with Gasteiger partial charge >= 0.3 is 0 Å². The monoisotopic (exact) mass is 335 g/mol. The zero-order valence-corrected chi connectivity index (χ0v) is 14.1. The average Bonchev–Trinajstić information content (AvgIpc) is 2.98. The Morgan fingerprint density at radius 2 is 1.96 bits per heavy atom. The van der Waals surface area contributed by atoms with Crippen molar-refractivity contribution < 1.29 is 0 Å². The van der Waals surface area contributed by atoms with Gasteiger partial charge < -0.3 is 5.73 Å². The number of thioether (sulfide) groups is 1. The normalized spacial score (nSPS) is 13.0. The van der Waals surface area contributed by atoms with Gasteiger partial charge in [-0.05, 0) is 24.5 Å². The van der Waals surface area contributed by atoms with E-state index in [-0.39, 0.29) is 0 Å². The van der Waals surface area contributed by atoms with Crippen LogP contribution in [0.1, 0.15) is 22.8 Å². The molecule has 0 aliphatic carbocycles. The number of hydrogen-bond acceptors (Lipinski definition) is 5. The Morgan fingerprint density at radius 1 is 1.12 bits per heavy atom. The lowest BCUT2D eigenvalue weighted by Crippen LogP contribution is -2.12. The lowest BCUT2D eigenvalue weighted by molar-refractivity contribution is 0.827. The van der Waals surface area contributed by atoms with Crippen molar-refractivity contribution in [2.75, 3.05) is 6.26 Å². The summed E-state index contributed by atoms with van der Waals surface area (Å²) in [6.45, 7) is 0.831. The summed E-state index contributed by atoms with van der Waals surface area (Å²) in [6.07, 6.45) is 2.08. The van der Waals surface area contributed by atoms with Gasteiger partial charge in [0.25, 0.3) is 0 Å². The first-order valence-corrected chi connectivity index (χ1v) is 8.96. The molecule has 3 aromatic rings. The molecule has 0 radical (unpaired) electrons. The second-order valence-corrected chi connectivity index (χ2v) is 6.37. The number of rotatable bonds is 3. The first-order chi connectivity index (χ1) is 11.8. The number of fused-ring (bicyclic) bond motifs is 3. The minimum absolute atomic E-state index is 0.345. The van der Waals surface area contributed by atoms with E-state index in [1.807, 2.05) is 22.8 Å². The van der Waals surface area contributed by atoms with E-state index in [4.69, 9.17) is 10.7 Å². The number of aromatic nitrogens is 3. The summed E-state index contributed by atoms with van der Waals surface area (Å²) in [4.78, 5) is 6.04. The molecule has 6 heteroatoms. The summed E-state index contributed by atoms with van der Waals surface area (Å²) in [5, 5.41) is 8.49. The third kappa shape index (κ3) is 2.44. The second kappa shape index (κ2) is 6.22. The van der Waals surface area contributed by atoms with Gasteiger partial charge in [-0.1, -0.05) is 30.3 Å². The van der Waals surface area contributed by atoms with Gasteiger partial charge in [0, 0.05) is 16.0 Å². The quantitative estimate of drug-likeness (QED) is 0.747. The summed E-state index contributed by atoms with van der Waals surface area (Å²) in [5.74, 6) is 1.58. The Kier molecular flexibility index (Phi) is 3.92. The van der Waals surface area contributed by atoms with Crippen LogP contribution in [0.2, 0.25) is 0 Å². The third-order valence-corrected chi connectivity index (χ3v) is 4.83. The van der Waals surface area contributed by atoms with Crippen LogP contribution in [0.5, 0.6) is 0 Å². The highest BCUT2D eigenvalue weighted by Crippen LogP contribution is 2.29. The Bertz CT molecular complexity index is 914. The van der Waals surface area contributed by atoms with Crippen molar-refractivity contribution in [2.24, 2.45) is 10.7 Å². The predicted molar refractivity (Wildman–Crippen MR) is 96.8 cm³/mol. The van der Waals surface area contributed by atoms with Crippen LogP contribution in [-0.2, 0) is 13.1 Å². The van der Waals surface area contributed by atoms with E-state index in [2.05, 4.69) is 46.8 Å². The molecule has 120 valence electrons. The summed E-state index contributed by atoms with van der Waals surface area (Å²) < 4.78 is 2.04. The number of hydrogen-bond donors (Lipinski definition) is 1. The van der Waals surface area contributed by atoms with Gasteiger partial charge in [-0.25, -0.2) is 0 Å². The first-order valence-electron chi connectivity index (χ1n) is 7.73. The van der Waals surface area contributed by atoms with Gasteiger partial charge in [0.05, 0.1) is 17.9 Å². The fraction of sp³-hybridized carbons (Fsp3) is 0.167. The Hall–Kier alpha value is -2.44. The second-order valence-electron chi connectivity index (χ2n) is 5.49. The molecule has 4 rings (SSSR count). The number of nitrogens with two attached hydrogens (primary N) is 1. The molecule has 0 unspecified atom stereocenters. The molecule has 0 atom stereocenters. The maximum Gasteiger partial charge on any atom is 0.159 e. The minimum Gasteiger partial charge on any atom is -0.324 e. The zero-order chi connectivity index (χ0) is 16.5. The SMILES string of the molecule is CSc1ccc2c(c1)C(c1ccccc1)=NCc1nnc(CN)n1-2. The van der Waals surface area contributed by atoms with E-state index in [1.54, 1.807) is 11.8 Å². The molecule has 24 heavy (non-hydrogen) atoms. The van der Waals surface area contributed by atoms with Crippen LogP contribution in [-0.4, -0.2) is 26.7 Å². The van der Waals surface area contributed by atoms with Crippen LogP contribution in [0, 0.1) is 0 Å². The standard InChI is InChI=1S/C18H17N5S/c1-24-13-7-8-15-14(9-13)18(12-5-3-2-4-6-12)20-11-17-22-21-16(10-19)23(15)17/h2-9H,10-11,19H2,1H3. The molecule has 0 saturated carbocycles. The molecular formula is C18H17N5S. The summed E-state index contributed by atoms with van der Waals surface area (Å²) >= 11 is 1.72. The largest absolute Gasteiger partial charge is 0.324 e. The van der Waals surface area contributed by atoms with Crippen LogP contribution in [0.4, 0.5) is 0 Å². The van der Waals surface area contributed by atoms with E-state index in [0.717, 1.165) is 34.2 Å². The van der Waals surface area contributed by atoms with Crippen molar-refractivity contribution in [2.45, 2.75) is 18.0 Å². The Labute approximate surface area is 144 Å². The highest BCUT2D eigenvalue weighted by atomic mass is 32.2. The summed E-state index contributed by atoms with van der Waals surface area (Å²) in [6, 6.07) is 16.7. The molecule has 0 fully saturated rings. The van der Waals surface area contributed by atoms with E-state index in [9.17, 15) is 0 Å². The first kappa shape index (κ1) is 15.1. The Balaban J connectivity index is 1.99. The third-order valence-electron chi connectivity index (χ3n) is 4.11. The molecule has 2 aromatic carbocycles. The highest BCUT2D eigenvalue weighted by molar-refractivity contribution is 7.98. The van der Waals surface area contributed by atoms with Crippen LogP contribution in [0.3, 0.4) is 0 Å². The van der Waals surface area contributed by atoms with Crippen molar-refractivity contribution in [3.8, 4) is 5.69 Å². The van der Waals surface area contributed by atoms with Crippen molar-refractivity contribution in [1.29, 1.82) is 0 Å². The molecule has 1 aliphatic rings. The maximum absolute atomic E-state index is 5.86. The van der Waals surface area contributed by atoms with Crippen molar-refractivity contribution in [3.63, 3.8) is 0 Å². The van der Waals surface area contributed by atoms with E-state index >= 15 is 0 Å². The summed E-state index contributed by atoms with van der Waals surface area (Å²) in [5.41, 5.74) is 10.1. The topological polar surface area (TPSA) is 69.1 Å². The van der Waals surface area contributed by atoms with Crippen LogP contribution >= 0.6 is 11.8 Å². The number of nitrogens with zero attached hydrogens (tertiary/aromatic N) is 4. The molecule has 0 spiro atoms. The molecule has 2 N–H and O–H groups in total. The molecule has 1 aliphatic heterocycles. The fourth-order valence-electron chi connectivity index (χ4n) is 2.97. The fourth-order valence-corrected chi connectivity index (χ4v) is 3.41. The highest BCUT2D eigenvalue weighted by Gasteiger charge is 2.22. The lowest BCUT2D eigenvalue weighted by atomic mass is 10.0. The van der Waals surface area contributed by atoms with E-state index in [1.165, 1.54) is 4.90 Å². The van der Waals surface area contributed by atoms with Crippen molar-refractivity contribution in [3.05, 3.63) is 71.3 Å². The van der Waals surface area contributed by atoms with Crippen LogP contribution in [0.25, 0.3) is 5.69 Å². The molecule has 1 aromatic heterocycles. The molecule has 0 bridgehead atoms. The molecular weight excluding hydrogens is 318 g/mol. The van der Waals surface area contributed by atoms with Gasteiger partial charge in [-0.2, -0.15) is 0 Å². The minimum atomic E-state index is 0.345. The van der Waals surface area contributed by atoms with Crippen molar-refractivity contribution >= 4 is 17.5 Å². The van der Waals surface area contributed by atoms with Gasteiger partial charge in [0.15, 0.2) is 11.6 Å². The summed E-state index contributed by atoms with van der Waals surface area (Å²) in [7, 11) is 0. The lowest BCUT2D eigenvalue weighted by Gasteiger charge is -2.14. The van der Waals surface area contributed by atoms with Gasteiger partial charge in [0.1, 0.15) is 6.54 Å². The van der Waals surface area contributed by atoms with E-state index in [0.29, 0.717) is 13.1 Å². The van der Waals surface area contributed by atoms with Crippen LogP contribution in [0.15, 0.2) is 58.4 Å². The van der Waals surface area contributed by atoms with Gasteiger partial charge in [-0.3, -0.25) is 9.56 Å². The molecule has 2 heterocycles. The van der Waals surface area contributed by atoms with E-state index < -0.39 is 0 Å². The smallest absolute Gasteiger partial charge is 0.159 e. The zero-order valence-electron chi connectivity index (χ0n) is 13.3. The molecule has 5 nitrogen and oxygen atoms in total. The van der Waals surface area contributed by atoms with Gasteiger partial charge in [0.2, 0.25) is 0 Å². The molecule has 0 saturated heterocycles. The molecule has 0 amide bonds. The maximum atomic E-state index is 5.86. The van der Waals surface area contributed by atoms with Gasteiger partial charge in [-0.15, -0.1) is 22.0 Å². The number of benzene rings is 2.